The highest BCUT2D eigenvalue weighted by molar-refractivity contribution is 5.89. The van der Waals surface area contributed by atoms with Gasteiger partial charge in [0.1, 0.15) is 11.6 Å². The number of ketones is 2. The maximum Gasteiger partial charge on any atom is 0.146 e. The smallest absolute Gasteiger partial charge is 0.146 e. The van der Waals surface area contributed by atoms with Crippen molar-refractivity contribution in [1.82, 2.24) is 0 Å². The van der Waals surface area contributed by atoms with Crippen LogP contribution in [0.15, 0.2) is 0 Å². The minimum atomic E-state index is -0.607. The second kappa shape index (κ2) is 7.92. The molecule has 3 nitrogen and oxygen atoms in total. The zero-order chi connectivity index (χ0) is 11.0. The van der Waals surface area contributed by atoms with Gasteiger partial charge in [0.15, 0.2) is 0 Å². The Morgan fingerprint density at radius 3 is 1.85 bits per heavy atom. The third-order valence-corrected chi connectivity index (χ3v) is 1.59. The first kappa shape index (κ1) is 14.8. The van der Waals surface area contributed by atoms with E-state index in [-0.39, 0.29) is 23.9 Å². The van der Waals surface area contributed by atoms with Crippen LogP contribution in [0.4, 0.5) is 0 Å². The Hall–Kier alpha value is -0.700. The summed E-state index contributed by atoms with van der Waals surface area (Å²) < 4.78 is 0. The molecule has 78 valence electrons. The molecule has 0 fully saturated rings. The largest absolute Gasteiger partial charge is 0.321 e. The second-order valence-electron chi connectivity index (χ2n) is 3.04. The lowest BCUT2D eigenvalue weighted by atomic mass is 10.0. The van der Waals surface area contributed by atoms with Crippen LogP contribution in [0.1, 0.15) is 41.0 Å². The van der Waals surface area contributed by atoms with Gasteiger partial charge in [0, 0.05) is 12.3 Å². The van der Waals surface area contributed by atoms with E-state index in [1.165, 1.54) is 6.92 Å². The molecule has 0 aromatic rings. The van der Waals surface area contributed by atoms with Gasteiger partial charge >= 0.3 is 0 Å². The number of hydrogen-bond donors (Lipinski definition) is 1. The quantitative estimate of drug-likeness (QED) is 0.726. The van der Waals surface area contributed by atoms with Crippen molar-refractivity contribution in [3.8, 4) is 0 Å². The van der Waals surface area contributed by atoms with E-state index >= 15 is 0 Å². The summed E-state index contributed by atoms with van der Waals surface area (Å²) in [4.78, 5) is 21.7. The third kappa shape index (κ3) is 7.65. The van der Waals surface area contributed by atoms with Gasteiger partial charge in [-0.25, -0.2) is 0 Å². The zero-order valence-electron chi connectivity index (χ0n) is 9.26. The summed E-state index contributed by atoms with van der Waals surface area (Å²) in [6, 6.07) is -0.607. The highest BCUT2D eigenvalue weighted by atomic mass is 16.1. The summed E-state index contributed by atoms with van der Waals surface area (Å²) in [5, 5.41) is 0. The van der Waals surface area contributed by atoms with Crippen LogP contribution >= 0.6 is 0 Å². The number of Topliss-reactive ketones (excluding diaryl/α,β-unsaturated/α-hetero) is 2. The highest BCUT2D eigenvalue weighted by Gasteiger charge is 2.15. The van der Waals surface area contributed by atoms with Crippen molar-refractivity contribution >= 4 is 11.6 Å². The lowest BCUT2D eigenvalue weighted by Gasteiger charge is -2.07. The van der Waals surface area contributed by atoms with Crippen LogP contribution in [-0.4, -0.2) is 17.6 Å². The Bertz CT molecular complexity index is 164. The van der Waals surface area contributed by atoms with Crippen molar-refractivity contribution in [2.75, 3.05) is 0 Å². The van der Waals surface area contributed by atoms with Crippen LogP contribution in [0.5, 0.6) is 0 Å². The molecule has 0 aromatic carbocycles. The molecule has 0 saturated carbocycles. The van der Waals surface area contributed by atoms with Crippen LogP contribution in [0.2, 0.25) is 0 Å². The number of carbonyl (C=O) groups is 2. The van der Waals surface area contributed by atoms with E-state index in [0.29, 0.717) is 0 Å². The molecule has 0 aliphatic heterocycles. The van der Waals surface area contributed by atoms with Gasteiger partial charge in [0.2, 0.25) is 0 Å². The molecule has 0 aliphatic rings. The summed E-state index contributed by atoms with van der Waals surface area (Å²) in [6.45, 7) is 9.00. The Labute approximate surface area is 80.7 Å². The first-order valence-electron chi connectivity index (χ1n) is 4.74. The molecule has 13 heavy (non-hydrogen) atoms. The molecular formula is C10H21NO2. The molecule has 0 saturated heterocycles. The van der Waals surface area contributed by atoms with E-state index in [9.17, 15) is 9.59 Å². The fourth-order valence-electron chi connectivity index (χ4n) is 0.596. The average molecular weight is 187 g/mol. The Kier molecular flexibility index (Phi) is 9.02. The lowest BCUT2D eigenvalue weighted by molar-refractivity contribution is -0.126. The third-order valence-electron chi connectivity index (χ3n) is 1.59. The lowest BCUT2D eigenvalue weighted by Crippen LogP contribution is -2.32. The van der Waals surface area contributed by atoms with Crippen molar-refractivity contribution < 1.29 is 9.59 Å². The number of carbonyl (C=O) groups excluding carboxylic acids is 2. The molecule has 1 unspecified atom stereocenters. The summed E-state index contributed by atoms with van der Waals surface area (Å²) in [5.74, 6) is -0.105. The maximum atomic E-state index is 11.0. The van der Waals surface area contributed by atoms with Crippen LogP contribution in [0, 0.1) is 5.92 Å². The topological polar surface area (TPSA) is 60.2 Å². The fraction of sp³-hybridized carbons (Fsp3) is 0.800. The summed E-state index contributed by atoms with van der Waals surface area (Å²) in [7, 11) is 0. The predicted octanol–water partition coefficient (Wildman–Crippen LogP) is 1.54. The second-order valence-corrected chi connectivity index (χ2v) is 3.04. The zero-order valence-corrected chi connectivity index (χ0v) is 9.26. The van der Waals surface area contributed by atoms with Crippen LogP contribution in [0.3, 0.4) is 0 Å². The van der Waals surface area contributed by atoms with E-state index in [2.05, 4.69) is 0 Å². The molecule has 0 spiro atoms. The summed E-state index contributed by atoms with van der Waals surface area (Å²) in [6.07, 6.45) is 0.174. The maximum absolute atomic E-state index is 11.0. The Balaban J connectivity index is 0. The van der Waals surface area contributed by atoms with Gasteiger partial charge in [-0.1, -0.05) is 27.7 Å². The first-order valence-corrected chi connectivity index (χ1v) is 4.74. The highest BCUT2D eigenvalue weighted by Crippen LogP contribution is 2.01. The Morgan fingerprint density at radius 2 is 1.62 bits per heavy atom. The number of rotatable bonds is 4. The monoisotopic (exact) mass is 187 g/mol. The van der Waals surface area contributed by atoms with Crippen molar-refractivity contribution in [3.63, 3.8) is 0 Å². The molecular weight excluding hydrogens is 166 g/mol. The van der Waals surface area contributed by atoms with Gasteiger partial charge < -0.3 is 5.73 Å². The van der Waals surface area contributed by atoms with E-state index < -0.39 is 6.04 Å². The molecule has 0 bridgehead atoms. The molecule has 2 N–H and O–H groups in total. The molecule has 0 aliphatic carbocycles. The van der Waals surface area contributed by atoms with E-state index in [1.54, 1.807) is 13.8 Å². The van der Waals surface area contributed by atoms with Gasteiger partial charge in [0.05, 0.1) is 6.04 Å². The van der Waals surface area contributed by atoms with Gasteiger partial charge in [-0.05, 0) is 6.92 Å². The molecule has 0 radical (unpaired) electrons. The molecule has 0 aromatic heterocycles. The summed E-state index contributed by atoms with van der Waals surface area (Å²) in [5.41, 5.74) is 5.38. The molecule has 1 atom stereocenters. The minimum Gasteiger partial charge on any atom is -0.321 e. The van der Waals surface area contributed by atoms with Crippen molar-refractivity contribution in [1.29, 1.82) is 0 Å². The van der Waals surface area contributed by atoms with E-state index in [0.717, 1.165) is 0 Å². The standard InChI is InChI=1S/C8H15NO2.C2H6/c1-5(2)8(11)4-7(9)6(3)10;1-2/h5,7H,4,9H2,1-3H3;1-2H3. The minimum absolute atomic E-state index is 0.0274. The average Bonchev–Trinajstić information content (AvgIpc) is 2.07. The predicted molar refractivity (Wildman–Crippen MR) is 54.5 cm³/mol. The van der Waals surface area contributed by atoms with Gasteiger partial charge in [-0.3, -0.25) is 9.59 Å². The first-order chi connectivity index (χ1) is 5.95. The SMILES string of the molecule is CC.CC(=O)C(N)CC(=O)C(C)C. The van der Waals surface area contributed by atoms with Crippen LogP contribution in [0.25, 0.3) is 0 Å². The van der Waals surface area contributed by atoms with Crippen LogP contribution in [-0.2, 0) is 9.59 Å². The molecule has 0 amide bonds. The van der Waals surface area contributed by atoms with Crippen molar-refractivity contribution in [2.45, 2.75) is 47.1 Å². The van der Waals surface area contributed by atoms with Gasteiger partial charge in [0.25, 0.3) is 0 Å². The Morgan fingerprint density at radius 1 is 1.23 bits per heavy atom. The summed E-state index contributed by atoms with van der Waals surface area (Å²) >= 11 is 0. The molecule has 3 heteroatoms. The fourth-order valence-corrected chi connectivity index (χ4v) is 0.596. The number of nitrogens with two attached hydrogens (primary N) is 1. The molecule has 0 heterocycles. The van der Waals surface area contributed by atoms with E-state index in [1.807, 2.05) is 13.8 Å². The molecule has 0 rings (SSSR count). The normalized spacial score (nSPS) is 11.6. The van der Waals surface area contributed by atoms with E-state index in [4.69, 9.17) is 5.73 Å². The van der Waals surface area contributed by atoms with Crippen LogP contribution < -0.4 is 5.73 Å². The van der Waals surface area contributed by atoms with Gasteiger partial charge in [-0.15, -0.1) is 0 Å². The van der Waals surface area contributed by atoms with Crippen molar-refractivity contribution in [3.05, 3.63) is 0 Å². The number of hydrogen-bond acceptors (Lipinski definition) is 3. The van der Waals surface area contributed by atoms with Gasteiger partial charge in [-0.2, -0.15) is 0 Å². The van der Waals surface area contributed by atoms with Crippen molar-refractivity contribution in [2.24, 2.45) is 11.7 Å².